The van der Waals surface area contributed by atoms with E-state index in [9.17, 15) is 4.79 Å². The maximum absolute atomic E-state index is 12.4. The first kappa shape index (κ1) is 23.1. The molecule has 0 bridgehead atoms. The van der Waals surface area contributed by atoms with Crippen LogP contribution in [0.2, 0.25) is 0 Å². The molecule has 0 atom stereocenters. The number of nitrogens with zero attached hydrogens (tertiary/aromatic N) is 2. The van der Waals surface area contributed by atoms with E-state index >= 15 is 0 Å². The Balaban J connectivity index is 1.70. The van der Waals surface area contributed by atoms with E-state index in [1.54, 1.807) is 26.4 Å². The lowest BCUT2D eigenvalue weighted by molar-refractivity contribution is 0.0945. The smallest absolute Gasteiger partial charge is 0.251 e. The van der Waals surface area contributed by atoms with Gasteiger partial charge in [0.1, 0.15) is 18.2 Å². The van der Waals surface area contributed by atoms with Gasteiger partial charge in [0.2, 0.25) is 0 Å². The molecule has 1 aromatic heterocycles. The molecule has 8 nitrogen and oxygen atoms in total. The Morgan fingerprint density at radius 2 is 1.82 bits per heavy atom. The highest BCUT2D eigenvalue weighted by molar-refractivity contribution is 5.97. The van der Waals surface area contributed by atoms with Crippen molar-refractivity contribution < 1.29 is 24.1 Å². The largest absolute Gasteiger partial charge is 0.497 e. The van der Waals surface area contributed by atoms with Crippen molar-refractivity contribution in [2.75, 3.05) is 27.4 Å². The van der Waals surface area contributed by atoms with Gasteiger partial charge < -0.3 is 29.2 Å². The predicted octanol–water partition coefficient (Wildman–Crippen LogP) is 3.40. The number of benzene rings is 3. The van der Waals surface area contributed by atoms with Gasteiger partial charge in [-0.2, -0.15) is 0 Å². The summed E-state index contributed by atoms with van der Waals surface area (Å²) in [6.07, 6.45) is 0. The molecule has 0 radical (unpaired) electrons. The molecule has 176 valence electrons. The molecule has 8 heteroatoms. The van der Waals surface area contributed by atoms with Crippen LogP contribution in [0.4, 0.5) is 0 Å². The van der Waals surface area contributed by atoms with Gasteiger partial charge in [-0.3, -0.25) is 4.79 Å². The van der Waals surface area contributed by atoms with E-state index in [1.807, 2.05) is 54.6 Å². The summed E-state index contributed by atoms with van der Waals surface area (Å²) in [6.45, 7) is 0.839. The van der Waals surface area contributed by atoms with Gasteiger partial charge in [0.05, 0.1) is 31.9 Å². The number of methoxy groups -OCH3 is 2. The fourth-order valence-electron chi connectivity index (χ4n) is 3.71. The molecule has 0 aliphatic rings. The Kier molecular flexibility index (Phi) is 7.29. The number of para-hydroxylation sites is 2. The van der Waals surface area contributed by atoms with E-state index in [0.29, 0.717) is 34.9 Å². The number of amides is 1. The summed E-state index contributed by atoms with van der Waals surface area (Å²) in [6, 6.07) is 20.7. The normalized spacial score (nSPS) is 10.8. The van der Waals surface area contributed by atoms with Crippen LogP contribution in [0.15, 0.2) is 66.7 Å². The molecule has 1 amide bonds. The van der Waals surface area contributed by atoms with Crippen LogP contribution in [0.1, 0.15) is 21.7 Å². The third kappa shape index (κ3) is 5.13. The first-order valence-electron chi connectivity index (χ1n) is 10.9. The molecule has 0 aliphatic carbocycles. The van der Waals surface area contributed by atoms with Gasteiger partial charge in [0.25, 0.3) is 5.91 Å². The molecule has 0 unspecified atom stereocenters. The molecule has 4 rings (SSSR count). The second kappa shape index (κ2) is 10.7. The standard InChI is InChI=1S/C26H27N3O5/c1-32-20-7-5-6-18(14-20)16-29-22-11-10-19(26(31)27-12-13-30)15-21(22)28-25(29)17-34-24-9-4-3-8-23(24)33-2/h3-11,14-15,30H,12-13,16-17H2,1-2H3,(H,27,31). The molecule has 0 saturated carbocycles. The predicted molar refractivity (Wildman–Crippen MR) is 129 cm³/mol. The van der Waals surface area contributed by atoms with Crippen molar-refractivity contribution in [3.8, 4) is 17.2 Å². The Labute approximate surface area is 197 Å². The van der Waals surface area contributed by atoms with Crippen LogP contribution in [0.3, 0.4) is 0 Å². The molecule has 2 N–H and O–H groups in total. The summed E-state index contributed by atoms with van der Waals surface area (Å²) in [7, 11) is 3.24. The SMILES string of the molecule is COc1cccc(Cn2c(COc3ccccc3OC)nc3cc(C(=O)NCCO)ccc32)c1. The summed E-state index contributed by atoms with van der Waals surface area (Å²) in [4.78, 5) is 17.2. The maximum Gasteiger partial charge on any atom is 0.251 e. The number of fused-ring (bicyclic) bond motifs is 1. The summed E-state index contributed by atoms with van der Waals surface area (Å²) in [5.74, 6) is 2.48. The van der Waals surface area contributed by atoms with Crippen LogP contribution in [0.25, 0.3) is 11.0 Å². The Morgan fingerprint density at radius 3 is 2.59 bits per heavy atom. The minimum absolute atomic E-state index is 0.117. The number of ether oxygens (including phenoxy) is 3. The van der Waals surface area contributed by atoms with Crippen molar-refractivity contribution in [2.45, 2.75) is 13.2 Å². The number of carbonyl (C=O) groups excluding carboxylic acids is 1. The lowest BCUT2D eigenvalue weighted by Crippen LogP contribution is -2.26. The Bertz CT molecular complexity index is 1280. The summed E-state index contributed by atoms with van der Waals surface area (Å²) in [5, 5.41) is 11.6. The van der Waals surface area contributed by atoms with Gasteiger partial charge in [0.15, 0.2) is 11.5 Å². The number of nitrogens with one attached hydrogen (secondary N) is 1. The molecular formula is C26H27N3O5. The molecular weight excluding hydrogens is 434 g/mol. The summed E-state index contributed by atoms with van der Waals surface area (Å²) < 4.78 is 18.9. The third-order valence-electron chi connectivity index (χ3n) is 5.39. The number of aliphatic hydroxyl groups excluding tert-OH is 1. The number of hydrogen-bond acceptors (Lipinski definition) is 6. The fraction of sp³-hybridized carbons (Fsp3) is 0.231. The van der Waals surface area contributed by atoms with E-state index in [4.69, 9.17) is 24.3 Å². The van der Waals surface area contributed by atoms with Crippen molar-refractivity contribution in [1.82, 2.24) is 14.9 Å². The lowest BCUT2D eigenvalue weighted by atomic mass is 10.1. The topological polar surface area (TPSA) is 94.8 Å². The highest BCUT2D eigenvalue weighted by Crippen LogP contribution is 2.28. The van der Waals surface area contributed by atoms with Gasteiger partial charge in [-0.1, -0.05) is 24.3 Å². The van der Waals surface area contributed by atoms with Crippen LogP contribution in [0, 0.1) is 0 Å². The van der Waals surface area contributed by atoms with Crippen molar-refractivity contribution in [3.63, 3.8) is 0 Å². The molecule has 34 heavy (non-hydrogen) atoms. The van der Waals surface area contributed by atoms with E-state index in [2.05, 4.69) is 9.88 Å². The van der Waals surface area contributed by atoms with Crippen LogP contribution in [-0.4, -0.2) is 47.9 Å². The molecule has 0 aliphatic heterocycles. The van der Waals surface area contributed by atoms with E-state index in [-0.39, 0.29) is 25.7 Å². The van der Waals surface area contributed by atoms with E-state index < -0.39 is 0 Å². The second-order valence-corrected chi connectivity index (χ2v) is 7.59. The van der Waals surface area contributed by atoms with Gasteiger partial charge in [-0.05, 0) is 48.0 Å². The Morgan fingerprint density at radius 1 is 1.00 bits per heavy atom. The Hall–Kier alpha value is -4.04. The number of aromatic nitrogens is 2. The van der Waals surface area contributed by atoms with Gasteiger partial charge in [-0.25, -0.2) is 4.98 Å². The molecule has 4 aromatic rings. The monoisotopic (exact) mass is 461 g/mol. The fourth-order valence-corrected chi connectivity index (χ4v) is 3.71. The van der Waals surface area contributed by atoms with Crippen LogP contribution in [-0.2, 0) is 13.2 Å². The van der Waals surface area contributed by atoms with Gasteiger partial charge in [0, 0.05) is 18.7 Å². The minimum atomic E-state index is -0.259. The molecule has 1 heterocycles. The number of carbonyl (C=O) groups is 1. The van der Waals surface area contributed by atoms with E-state index in [0.717, 1.165) is 16.8 Å². The molecule has 0 saturated heterocycles. The van der Waals surface area contributed by atoms with Crippen LogP contribution < -0.4 is 19.5 Å². The zero-order valence-electron chi connectivity index (χ0n) is 19.2. The zero-order chi connectivity index (χ0) is 23.9. The highest BCUT2D eigenvalue weighted by Gasteiger charge is 2.16. The maximum atomic E-state index is 12.4. The van der Waals surface area contributed by atoms with Crippen LogP contribution >= 0.6 is 0 Å². The van der Waals surface area contributed by atoms with Gasteiger partial charge >= 0.3 is 0 Å². The molecule has 0 spiro atoms. The number of imidazole rings is 1. The summed E-state index contributed by atoms with van der Waals surface area (Å²) in [5.41, 5.74) is 3.07. The van der Waals surface area contributed by atoms with Crippen molar-refractivity contribution >= 4 is 16.9 Å². The number of hydrogen-bond donors (Lipinski definition) is 2. The zero-order valence-corrected chi connectivity index (χ0v) is 19.2. The first-order valence-corrected chi connectivity index (χ1v) is 10.9. The quantitative estimate of drug-likeness (QED) is 0.376. The van der Waals surface area contributed by atoms with Crippen molar-refractivity contribution in [2.24, 2.45) is 0 Å². The summed E-state index contributed by atoms with van der Waals surface area (Å²) >= 11 is 0. The molecule has 3 aromatic carbocycles. The van der Waals surface area contributed by atoms with Crippen molar-refractivity contribution in [1.29, 1.82) is 0 Å². The number of aliphatic hydroxyl groups is 1. The number of rotatable bonds is 10. The van der Waals surface area contributed by atoms with Crippen molar-refractivity contribution in [3.05, 3.63) is 83.7 Å². The highest BCUT2D eigenvalue weighted by atomic mass is 16.5. The third-order valence-corrected chi connectivity index (χ3v) is 5.39. The van der Waals surface area contributed by atoms with Crippen LogP contribution in [0.5, 0.6) is 17.2 Å². The second-order valence-electron chi connectivity index (χ2n) is 7.59. The first-order chi connectivity index (χ1) is 16.6. The van der Waals surface area contributed by atoms with E-state index in [1.165, 1.54) is 0 Å². The average molecular weight is 462 g/mol. The lowest BCUT2D eigenvalue weighted by Gasteiger charge is -2.13. The molecule has 0 fully saturated rings. The minimum Gasteiger partial charge on any atom is -0.497 e. The average Bonchev–Trinajstić information content (AvgIpc) is 3.22. The van der Waals surface area contributed by atoms with Gasteiger partial charge in [-0.15, -0.1) is 0 Å².